The summed E-state index contributed by atoms with van der Waals surface area (Å²) in [7, 11) is 1.28. The van der Waals surface area contributed by atoms with Crippen LogP contribution in [0.3, 0.4) is 0 Å². The number of aromatic nitrogens is 3. The number of rotatable bonds is 7. The van der Waals surface area contributed by atoms with Crippen molar-refractivity contribution < 1.29 is 19.1 Å². The molecule has 0 unspecified atom stereocenters. The van der Waals surface area contributed by atoms with Gasteiger partial charge >= 0.3 is 5.97 Å². The number of nitrogens with one attached hydrogen (secondary N) is 1. The van der Waals surface area contributed by atoms with Crippen LogP contribution in [-0.4, -0.2) is 32.7 Å². The summed E-state index contributed by atoms with van der Waals surface area (Å²) in [6.07, 6.45) is 3.74. The van der Waals surface area contributed by atoms with Crippen molar-refractivity contribution >= 4 is 5.97 Å². The van der Waals surface area contributed by atoms with Gasteiger partial charge in [-0.2, -0.15) is 0 Å². The van der Waals surface area contributed by atoms with Crippen LogP contribution in [0.2, 0.25) is 0 Å². The molecule has 0 bridgehead atoms. The first-order valence-corrected chi connectivity index (χ1v) is 8.94. The number of imidazole rings is 1. The molecule has 0 fully saturated rings. The number of pyridine rings is 1. The lowest BCUT2D eigenvalue weighted by atomic mass is 9.93. The molecule has 1 atom stereocenters. The van der Waals surface area contributed by atoms with E-state index < -0.39 is 11.9 Å². The van der Waals surface area contributed by atoms with Crippen LogP contribution in [0.15, 0.2) is 39.9 Å². The fraction of sp³-hybridized carbons (Fsp3) is 0.350. The molecule has 3 aromatic heterocycles. The predicted molar refractivity (Wildman–Crippen MR) is 101 cm³/mol. The van der Waals surface area contributed by atoms with Crippen LogP contribution in [0, 0.1) is 13.8 Å². The van der Waals surface area contributed by atoms with E-state index in [2.05, 4.69) is 9.97 Å². The normalized spacial score (nSPS) is 12.1. The maximum atomic E-state index is 13.2. The number of aryl methyl sites for hydroxylation is 3. The summed E-state index contributed by atoms with van der Waals surface area (Å²) in [5.74, 6) is -0.325. The number of furan rings is 1. The first-order chi connectivity index (χ1) is 13.4. The number of esters is 1. The van der Waals surface area contributed by atoms with Gasteiger partial charge in [-0.1, -0.05) is 0 Å². The van der Waals surface area contributed by atoms with E-state index in [-0.39, 0.29) is 23.3 Å². The molecular formula is C20H23N3O5. The predicted octanol–water partition coefficient (Wildman–Crippen LogP) is 2.42. The quantitative estimate of drug-likeness (QED) is 0.605. The average molecular weight is 385 g/mol. The second kappa shape index (κ2) is 8.16. The van der Waals surface area contributed by atoms with Crippen molar-refractivity contribution in [1.29, 1.82) is 0 Å². The third-order valence-corrected chi connectivity index (χ3v) is 4.73. The van der Waals surface area contributed by atoms with Crippen LogP contribution < -0.4 is 5.56 Å². The van der Waals surface area contributed by atoms with Gasteiger partial charge in [0.25, 0.3) is 5.56 Å². The van der Waals surface area contributed by atoms with Crippen LogP contribution in [0.25, 0.3) is 0 Å². The second-order valence-corrected chi connectivity index (χ2v) is 6.65. The number of nitrogens with zero attached hydrogens (tertiary/aromatic N) is 2. The highest BCUT2D eigenvalue weighted by molar-refractivity contribution is 5.71. The number of aromatic hydroxyl groups is 1. The van der Waals surface area contributed by atoms with Crippen LogP contribution in [0.4, 0.5) is 0 Å². The van der Waals surface area contributed by atoms with Crippen molar-refractivity contribution in [3.05, 3.63) is 69.5 Å². The van der Waals surface area contributed by atoms with Gasteiger partial charge in [0.15, 0.2) is 0 Å². The average Bonchev–Trinajstić information content (AvgIpc) is 3.31. The topological polar surface area (TPSA) is 110 Å². The number of methoxy groups -OCH3 is 1. The Morgan fingerprint density at radius 1 is 1.39 bits per heavy atom. The summed E-state index contributed by atoms with van der Waals surface area (Å²) in [6, 6.07) is 4.99. The van der Waals surface area contributed by atoms with Gasteiger partial charge in [0.2, 0.25) is 0 Å². The number of aromatic amines is 1. The Hall–Kier alpha value is -3.29. The van der Waals surface area contributed by atoms with E-state index in [1.54, 1.807) is 43.1 Å². The molecule has 28 heavy (non-hydrogen) atoms. The minimum absolute atomic E-state index is 0.115. The van der Waals surface area contributed by atoms with Crippen molar-refractivity contribution in [1.82, 2.24) is 14.5 Å². The zero-order valence-corrected chi connectivity index (χ0v) is 16.1. The third-order valence-electron chi connectivity index (χ3n) is 4.73. The summed E-state index contributed by atoms with van der Waals surface area (Å²) >= 11 is 0. The van der Waals surface area contributed by atoms with Gasteiger partial charge in [0.05, 0.1) is 31.3 Å². The zero-order valence-electron chi connectivity index (χ0n) is 16.1. The third kappa shape index (κ3) is 4.00. The van der Waals surface area contributed by atoms with E-state index in [4.69, 9.17) is 9.15 Å². The fourth-order valence-electron chi connectivity index (χ4n) is 3.26. The minimum Gasteiger partial charge on any atom is -0.507 e. The Balaban J connectivity index is 2.05. The van der Waals surface area contributed by atoms with Gasteiger partial charge in [-0.25, -0.2) is 4.98 Å². The standard InChI is InChI=1S/C20H23N3O5/c1-12-8-16(24)19(20(26)23(12)7-6-14-10-21-11-22-14)15(9-18(25)27-3)17-5-4-13(2)28-17/h4-5,8,10-11,15,24H,6-7,9H2,1-3H3,(H,21,22)/t15-/m0/s1. The van der Waals surface area contributed by atoms with Crippen LogP contribution in [-0.2, 0) is 22.5 Å². The van der Waals surface area contributed by atoms with Gasteiger partial charge in [-0.15, -0.1) is 0 Å². The monoisotopic (exact) mass is 385 g/mol. The summed E-state index contributed by atoms with van der Waals surface area (Å²) in [4.78, 5) is 32.2. The molecule has 0 aliphatic carbocycles. The number of H-pyrrole nitrogens is 1. The first-order valence-electron chi connectivity index (χ1n) is 8.94. The van der Waals surface area contributed by atoms with Gasteiger partial charge in [0.1, 0.15) is 17.3 Å². The van der Waals surface area contributed by atoms with Crippen molar-refractivity contribution in [3.8, 4) is 5.75 Å². The number of carbonyl (C=O) groups excluding carboxylic acids is 1. The molecule has 0 saturated heterocycles. The summed E-state index contributed by atoms with van der Waals surface area (Å²) in [5.41, 5.74) is 1.28. The molecule has 0 aliphatic rings. The summed E-state index contributed by atoms with van der Waals surface area (Å²) in [5, 5.41) is 10.5. The lowest BCUT2D eigenvalue weighted by Crippen LogP contribution is -2.29. The SMILES string of the molecule is COC(=O)C[C@@H](c1ccc(C)o1)c1c(O)cc(C)n(CCc2cnc[nH]2)c1=O. The van der Waals surface area contributed by atoms with Crippen molar-refractivity contribution in [3.63, 3.8) is 0 Å². The molecule has 8 nitrogen and oxygen atoms in total. The molecular weight excluding hydrogens is 362 g/mol. The molecule has 0 aliphatic heterocycles. The number of ether oxygens (including phenoxy) is 1. The Kier molecular flexibility index (Phi) is 5.67. The molecule has 0 spiro atoms. The Morgan fingerprint density at radius 3 is 2.79 bits per heavy atom. The molecule has 0 radical (unpaired) electrons. The maximum absolute atomic E-state index is 13.2. The first kappa shape index (κ1) is 19.5. The van der Waals surface area contributed by atoms with E-state index in [1.165, 1.54) is 13.2 Å². The Bertz CT molecular complexity index is 1020. The van der Waals surface area contributed by atoms with E-state index in [0.717, 1.165) is 5.69 Å². The van der Waals surface area contributed by atoms with Gasteiger partial charge < -0.3 is 23.8 Å². The number of hydrogen-bond acceptors (Lipinski definition) is 6. The van der Waals surface area contributed by atoms with Crippen LogP contribution in [0.5, 0.6) is 5.75 Å². The maximum Gasteiger partial charge on any atom is 0.306 e. The number of carbonyl (C=O) groups is 1. The largest absolute Gasteiger partial charge is 0.507 e. The van der Waals surface area contributed by atoms with Crippen molar-refractivity contribution in [2.24, 2.45) is 0 Å². The van der Waals surface area contributed by atoms with Crippen LogP contribution in [0.1, 0.15) is 40.8 Å². The van der Waals surface area contributed by atoms with E-state index >= 15 is 0 Å². The molecule has 3 heterocycles. The molecule has 0 amide bonds. The van der Waals surface area contributed by atoms with Crippen molar-refractivity contribution in [2.75, 3.05) is 7.11 Å². The highest BCUT2D eigenvalue weighted by atomic mass is 16.5. The van der Waals surface area contributed by atoms with E-state index in [0.29, 0.717) is 30.2 Å². The summed E-state index contributed by atoms with van der Waals surface area (Å²) in [6.45, 7) is 3.93. The number of hydrogen-bond donors (Lipinski definition) is 2. The van der Waals surface area contributed by atoms with Crippen LogP contribution >= 0.6 is 0 Å². The van der Waals surface area contributed by atoms with E-state index in [9.17, 15) is 14.7 Å². The molecule has 3 aromatic rings. The minimum atomic E-state index is -0.743. The second-order valence-electron chi connectivity index (χ2n) is 6.65. The highest BCUT2D eigenvalue weighted by Gasteiger charge is 2.28. The fourth-order valence-corrected chi connectivity index (χ4v) is 3.26. The molecule has 8 heteroatoms. The zero-order chi connectivity index (χ0) is 20.3. The lowest BCUT2D eigenvalue weighted by Gasteiger charge is -2.18. The Labute approximate surface area is 161 Å². The van der Waals surface area contributed by atoms with Gasteiger partial charge in [0, 0.05) is 30.6 Å². The van der Waals surface area contributed by atoms with Gasteiger partial charge in [-0.3, -0.25) is 9.59 Å². The van der Waals surface area contributed by atoms with Crippen molar-refractivity contribution in [2.45, 2.75) is 39.2 Å². The molecule has 0 saturated carbocycles. The molecule has 148 valence electrons. The smallest absolute Gasteiger partial charge is 0.306 e. The molecule has 0 aromatic carbocycles. The van der Waals surface area contributed by atoms with E-state index in [1.807, 2.05) is 0 Å². The highest BCUT2D eigenvalue weighted by Crippen LogP contribution is 2.33. The molecule has 2 N–H and O–H groups in total. The Morgan fingerprint density at radius 2 is 2.18 bits per heavy atom. The molecule has 3 rings (SSSR count). The summed E-state index contributed by atoms with van der Waals surface area (Å²) < 4.78 is 12.0. The lowest BCUT2D eigenvalue weighted by molar-refractivity contribution is -0.140. The van der Waals surface area contributed by atoms with Gasteiger partial charge in [-0.05, 0) is 32.0 Å².